The predicted octanol–water partition coefficient (Wildman–Crippen LogP) is 3.20. The molecular weight excluding hydrogens is 322 g/mol. The van der Waals surface area contributed by atoms with Gasteiger partial charge in [0.05, 0.1) is 13.7 Å². The van der Waals surface area contributed by atoms with E-state index in [0.29, 0.717) is 6.61 Å². The lowest BCUT2D eigenvalue weighted by Crippen LogP contribution is -2.49. The van der Waals surface area contributed by atoms with Gasteiger partial charge in [0.1, 0.15) is 11.3 Å². The van der Waals surface area contributed by atoms with Crippen LogP contribution in [-0.2, 0) is 9.53 Å². The van der Waals surface area contributed by atoms with Gasteiger partial charge in [0.2, 0.25) is 0 Å². The lowest BCUT2D eigenvalue weighted by atomic mass is 9.97. The number of benzene rings is 1. The van der Waals surface area contributed by atoms with E-state index in [1.165, 1.54) is 7.11 Å². The molecule has 1 aliphatic heterocycles. The second-order valence-corrected chi connectivity index (χ2v) is 6.40. The van der Waals surface area contributed by atoms with Crippen LogP contribution in [0.2, 0.25) is 0 Å². The Balaban J connectivity index is 2.27. The molecular formula is C15H20BrNO3. The molecule has 2 rings (SSSR count). The molecule has 0 saturated carbocycles. The number of hydrogen-bond donors (Lipinski definition) is 1. The summed E-state index contributed by atoms with van der Waals surface area (Å²) in [7, 11) is 1.41. The fraction of sp³-hybridized carbons (Fsp3) is 0.533. The van der Waals surface area contributed by atoms with Crippen molar-refractivity contribution in [3.8, 4) is 5.75 Å². The van der Waals surface area contributed by atoms with Crippen LogP contribution in [-0.4, -0.2) is 25.2 Å². The number of esters is 1. The number of carbonyl (C=O) groups excluding carboxylic acids is 1. The highest BCUT2D eigenvalue weighted by Crippen LogP contribution is 2.34. The van der Waals surface area contributed by atoms with Gasteiger partial charge in [-0.2, -0.15) is 0 Å². The number of carbonyl (C=O) groups is 1. The van der Waals surface area contributed by atoms with Gasteiger partial charge in [-0.3, -0.25) is 10.1 Å². The average molecular weight is 342 g/mol. The fourth-order valence-corrected chi connectivity index (χ4v) is 2.79. The number of fused-ring (bicyclic) bond motifs is 1. The van der Waals surface area contributed by atoms with Crippen molar-refractivity contribution in [2.45, 2.75) is 38.3 Å². The number of halogens is 1. The second-order valence-electron chi connectivity index (χ2n) is 5.49. The van der Waals surface area contributed by atoms with Gasteiger partial charge in [0, 0.05) is 16.1 Å². The van der Waals surface area contributed by atoms with Gasteiger partial charge in [0.25, 0.3) is 0 Å². The summed E-state index contributed by atoms with van der Waals surface area (Å²) >= 11 is 3.46. The Kier molecular flexibility index (Phi) is 4.70. The number of nitrogens with one attached hydrogen (secondary N) is 1. The molecule has 0 saturated heterocycles. The third-order valence-electron chi connectivity index (χ3n) is 3.48. The monoisotopic (exact) mass is 341 g/mol. The first kappa shape index (κ1) is 15.3. The van der Waals surface area contributed by atoms with Crippen LogP contribution in [0.1, 0.15) is 38.3 Å². The molecule has 4 nitrogen and oxygen atoms in total. The Labute approximate surface area is 128 Å². The summed E-state index contributed by atoms with van der Waals surface area (Å²) in [5, 5.41) is 3.39. The molecule has 0 aliphatic carbocycles. The Morgan fingerprint density at radius 3 is 2.95 bits per heavy atom. The molecule has 20 heavy (non-hydrogen) atoms. The third kappa shape index (κ3) is 3.33. The Morgan fingerprint density at radius 1 is 1.50 bits per heavy atom. The van der Waals surface area contributed by atoms with E-state index >= 15 is 0 Å². The minimum atomic E-state index is -0.728. The van der Waals surface area contributed by atoms with Crippen molar-refractivity contribution in [1.29, 1.82) is 0 Å². The standard InChI is InChI=1S/C15H20BrNO3/c1-15(2,14(18)19-3)17-12-5-4-8-20-13-9-10(16)6-7-11(12)13/h6-7,9,12,17H,4-5,8H2,1-3H3. The maximum Gasteiger partial charge on any atom is 0.325 e. The largest absolute Gasteiger partial charge is 0.493 e. The summed E-state index contributed by atoms with van der Waals surface area (Å²) in [6, 6.07) is 6.08. The Hall–Kier alpha value is -1.07. The van der Waals surface area contributed by atoms with E-state index in [2.05, 4.69) is 21.2 Å². The average Bonchev–Trinajstić information content (AvgIpc) is 2.59. The van der Waals surface area contributed by atoms with Gasteiger partial charge in [-0.05, 0) is 38.8 Å². The van der Waals surface area contributed by atoms with Crippen molar-refractivity contribution in [3.63, 3.8) is 0 Å². The summed E-state index contributed by atoms with van der Waals surface area (Å²) in [6.45, 7) is 4.37. The third-order valence-corrected chi connectivity index (χ3v) is 3.97. The van der Waals surface area contributed by atoms with E-state index in [1.807, 2.05) is 32.0 Å². The van der Waals surface area contributed by atoms with Crippen LogP contribution < -0.4 is 10.1 Å². The van der Waals surface area contributed by atoms with E-state index < -0.39 is 5.54 Å². The van der Waals surface area contributed by atoms with Crippen molar-refractivity contribution < 1.29 is 14.3 Å². The molecule has 1 N–H and O–H groups in total. The highest BCUT2D eigenvalue weighted by molar-refractivity contribution is 9.10. The van der Waals surface area contributed by atoms with Crippen LogP contribution in [0, 0.1) is 0 Å². The molecule has 1 aliphatic rings. The zero-order valence-electron chi connectivity index (χ0n) is 12.0. The molecule has 0 radical (unpaired) electrons. The molecule has 1 aromatic rings. The molecule has 1 heterocycles. The van der Waals surface area contributed by atoms with Crippen molar-refractivity contribution >= 4 is 21.9 Å². The molecule has 110 valence electrons. The van der Waals surface area contributed by atoms with Gasteiger partial charge < -0.3 is 9.47 Å². The van der Waals surface area contributed by atoms with Gasteiger partial charge in [0.15, 0.2) is 0 Å². The molecule has 0 fully saturated rings. The van der Waals surface area contributed by atoms with Crippen molar-refractivity contribution in [2.24, 2.45) is 0 Å². The van der Waals surface area contributed by atoms with Crippen LogP contribution in [0.25, 0.3) is 0 Å². The second kappa shape index (κ2) is 6.14. The highest BCUT2D eigenvalue weighted by Gasteiger charge is 2.33. The topological polar surface area (TPSA) is 47.6 Å². The molecule has 0 aromatic heterocycles. The van der Waals surface area contributed by atoms with Crippen molar-refractivity contribution in [1.82, 2.24) is 5.32 Å². The van der Waals surface area contributed by atoms with E-state index in [1.54, 1.807) is 0 Å². The summed E-state index contributed by atoms with van der Waals surface area (Å²) < 4.78 is 11.6. The van der Waals surface area contributed by atoms with Crippen LogP contribution in [0.15, 0.2) is 22.7 Å². The Morgan fingerprint density at radius 2 is 2.25 bits per heavy atom. The first-order valence-electron chi connectivity index (χ1n) is 6.72. The van der Waals surface area contributed by atoms with Crippen molar-refractivity contribution in [3.05, 3.63) is 28.2 Å². The highest BCUT2D eigenvalue weighted by atomic mass is 79.9. The van der Waals surface area contributed by atoms with Crippen LogP contribution in [0.3, 0.4) is 0 Å². The predicted molar refractivity (Wildman–Crippen MR) is 80.8 cm³/mol. The smallest absolute Gasteiger partial charge is 0.325 e. The number of ether oxygens (including phenoxy) is 2. The van der Waals surface area contributed by atoms with Gasteiger partial charge >= 0.3 is 5.97 Å². The minimum absolute atomic E-state index is 0.0784. The summed E-state index contributed by atoms with van der Waals surface area (Å²) in [5.74, 6) is 0.608. The Bertz CT molecular complexity index is 502. The SMILES string of the molecule is COC(=O)C(C)(C)NC1CCCOc2cc(Br)ccc21. The van der Waals surface area contributed by atoms with E-state index in [-0.39, 0.29) is 12.0 Å². The van der Waals surface area contributed by atoms with E-state index in [4.69, 9.17) is 9.47 Å². The molecule has 0 spiro atoms. The summed E-state index contributed by atoms with van der Waals surface area (Å²) in [6.07, 6.45) is 1.87. The lowest BCUT2D eigenvalue weighted by Gasteiger charge is -2.29. The summed E-state index contributed by atoms with van der Waals surface area (Å²) in [4.78, 5) is 11.8. The van der Waals surface area contributed by atoms with Gasteiger partial charge in [-0.25, -0.2) is 0 Å². The van der Waals surface area contributed by atoms with E-state index in [0.717, 1.165) is 28.6 Å². The minimum Gasteiger partial charge on any atom is -0.493 e. The maximum absolute atomic E-state index is 11.8. The first-order chi connectivity index (χ1) is 9.44. The number of methoxy groups -OCH3 is 1. The maximum atomic E-state index is 11.8. The molecule has 0 bridgehead atoms. The lowest BCUT2D eigenvalue weighted by molar-refractivity contribution is -0.147. The fourth-order valence-electron chi connectivity index (χ4n) is 2.45. The van der Waals surface area contributed by atoms with Crippen LogP contribution in [0.5, 0.6) is 5.75 Å². The normalized spacial score (nSPS) is 18.7. The zero-order valence-corrected chi connectivity index (χ0v) is 13.6. The molecule has 1 atom stereocenters. The zero-order chi connectivity index (χ0) is 14.8. The van der Waals surface area contributed by atoms with Gasteiger partial charge in [-0.15, -0.1) is 0 Å². The molecule has 0 amide bonds. The summed E-state index contributed by atoms with van der Waals surface area (Å²) in [5.41, 5.74) is 0.358. The molecule has 1 aromatic carbocycles. The van der Waals surface area contributed by atoms with Gasteiger partial charge in [-0.1, -0.05) is 22.0 Å². The molecule has 1 unspecified atom stereocenters. The van der Waals surface area contributed by atoms with Crippen molar-refractivity contribution in [2.75, 3.05) is 13.7 Å². The number of rotatable bonds is 3. The van der Waals surface area contributed by atoms with Crippen LogP contribution in [0.4, 0.5) is 0 Å². The van der Waals surface area contributed by atoms with E-state index in [9.17, 15) is 4.79 Å². The van der Waals surface area contributed by atoms with Crippen LogP contribution >= 0.6 is 15.9 Å². The first-order valence-corrected chi connectivity index (χ1v) is 7.51. The number of hydrogen-bond acceptors (Lipinski definition) is 4. The quantitative estimate of drug-likeness (QED) is 0.857. The molecule has 5 heteroatoms.